The maximum absolute atomic E-state index is 13.4. The largest absolute Gasteiger partial charge is 0.424 e. The van der Waals surface area contributed by atoms with E-state index in [0.29, 0.717) is 22.8 Å². The number of benzene rings is 1. The van der Waals surface area contributed by atoms with Gasteiger partial charge >= 0.3 is 0 Å². The molecule has 0 bridgehead atoms. The first-order chi connectivity index (χ1) is 10.3. The molecule has 0 radical (unpaired) electrons. The molecule has 0 N–H and O–H groups in total. The molecule has 0 spiro atoms. The van der Waals surface area contributed by atoms with Gasteiger partial charge in [0, 0.05) is 11.2 Å². The van der Waals surface area contributed by atoms with E-state index in [4.69, 9.17) is 4.42 Å². The molecule has 5 heteroatoms. The number of aryl methyl sites for hydroxylation is 1. The lowest BCUT2D eigenvalue weighted by atomic mass is 9.85. The first kappa shape index (κ1) is 13.3. The van der Waals surface area contributed by atoms with Crippen LogP contribution in [0.2, 0.25) is 0 Å². The van der Waals surface area contributed by atoms with E-state index in [0.717, 1.165) is 24.3 Å². The standard InChI is InChI=1S/C16H17FN2OS/c17-12-6-4-10-5-7-14(13(10)8-12)21-9-15-18-19-16(20-15)11-2-1-3-11/h4,6,8,11,14H,1-3,5,7,9H2/t14-/m1/s1. The van der Waals surface area contributed by atoms with Crippen LogP contribution in [0.15, 0.2) is 22.6 Å². The van der Waals surface area contributed by atoms with Crippen molar-refractivity contribution in [1.29, 1.82) is 0 Å². The zero-order chi connectivity index (χ0) is 14.2. The number of thioether (sulfide) groups is 1. The third-order valence-electron chi connectivity index (χ3n) is 4.48. The van der Waals surface area contributed by atoms with Crippen molar-refractivity contribution in [2.24, 2.45) is 0 Å². The van der Waals surface area contributed by atoms with E-state index in [1.54, 1.807) is 23.9 Å². The van der Waals surface area contributed by atoms with Gasteiger partial charge in [0.15, 0.2) is 0 Å². The van der Waals surface area contributed by atoms with Crippen molar-refractivity contribution in [2.75, 3.05) is 0 Å². The molecule has 110 valence electrons. The fourth-order valence-corrected chi connectivity index (χ4v) is 4.17. The van der Waals surface area contributed by atoms with Crippen molar-refractivity contribution in [1.82, 2.24) is 10.2 Å². The minimum Gasteiger partial charge on any atom is -0.424 e. The second kappa shape index (κ2) is 5.44. The molecule has 21 heavy (non-hydrogen) atoms. The van der Waals surface area contributed by atoms with Gasteiger partial charge in [0.05, 0.1) is 5.75 Å². The first-order valence-electron chi connectivity index (χ1n) is 7.52. The predicted molar refractivity (Wildman–Crippen MR) is 79.6 cm³/mol. The van der Waals surface area contributed by atoms with Gasteiger partial charge in [-0.15, -0.1) is 22.0 Å². The van der Waals surface area contributed by atoms with Crippen molar-refractivity contribution in [3.8, 4) is 0 Å². The number of aromatic nitrogens is 2. The molecule has 1 aromatic heterocycles. The summed E-state index contributed by atoms with van der Waals surface area (Å²) in [4.78, 5) is 0. The number of nitrogens with zero attached hydrogens (tertiary/aromatic N) is 2. The van der Waals surface area contributed by atoms with Gasteiger partial charge in [0.25, 0.3) is 0 Å². The number of halogens is 1. The summed E-state index contributed by atoms with van der Waals surface area (Å²) in [7, 11) is 0. The minimum absolute atomic E-state index is 0.147. The highest BCUT2D eigenvalue weighted by molar-refractivity contribution is 7.98. The fourth-order valence-electron chi connectivity index (χ4n) is 3.03. The Hall–Kier alpha value is -1.36. The van der Waals surface area contributed by atoms with Crippen LogP contribution in [0.5, 0.6) is 0 Å². The van der Waals surface area contributed by atoms with Crippen LogP contribution < -0.4 is 0 Å². The van der Waals surface area contributed by atoms with Crippen LogP contribution in [0, 0.1) is 5.82 Å². The number of hydrogen-bond donors (Lipinski definition) is 0. The number of rotatable bonds is 4. The summed E-state index contributed by atoms with van der Waals surface area (Å²) in [6.07, 6.45) is 5.70. The van der Waals surface area contributed by atoms with E-state index in [1.165, 1.54) is 24.8 Å². The molecule has 4 rings (SSSR count). The van der Waals surface area contributed by atoms with Crippen LogP contribution in [0.3, 0.4) is 0 Å². The summed E-state index contributed by atoms with van der Waals surface area (Å²) in [5.41, 5.74) is 2.41. The molecule has 2 aliphatic carbocycles. The Labute approximate surface area is 127 Å². The van der Waals surface area contributed by atoms with Crippen molar-refractivity contribution < 1.29 is 8.81 Å². The molecule has 0 saturated heterocycles. The van der Waals surface area contributed by atoms with Gasteiger partial charge in [0.1, 0.15) is 5.82 Å². The predicted octanol–water partition coefficient (Wildman–Crippen LogP) is 4.40. The van der Waals surface area contributed by atoms with E-state index < -0.39 is 0 Å². The van der Waals surface area contributed by atoms with E-state index in [9.17, 15) is 4.39 Å². The summed E-state index contributed by atoms with van der Waals surface area (Å²) in [5.74, 6) is 2.55. The molecule has 1 atom stereocenters. The molecule has 1 fully saturated rings. The van der Waals surface area contributed by atoms with E-state index in [2.05, 4.69) is 10.2 Å². The van der Waals surface area contributed by atoms with Crippen LogP contribution >= 0.6 is 11.8 Å². The minimum atomic E-state index is -0.147. The van der Waals surface area contributed by atoms with Crippen LogP contribution in [0.25, 0.3) is 0 Å². The van der Waals surface area contributed by atoms with Crippen molar-refractivity contribution in [2.45, 2.75) is 49.0 Å². The third-order valence-corrected chi connectivity index (χ3v) is 5.78. The highest BCUT2D eigenvalue weighted by atomic mass is 32.2. The maximum Gasteiger partial charge on any atom is 0.226 e. The highest BCUT2D eigenvalue weighted by Gasteiger charge is 2.26. The van der Waals surface area contributed by atoms with Crippen LogP contribution in [-0.2, 0) is 12.2 Å². The molecule has 1 aromatic carbocycles. The average Bonchev–Trinajstić information content (AvgIpc) is 3.01. The van der Waals surface area contributed by atoms with Gasteiger partial charge in [0.2, 0.25) is 11.8 Å². The lowest BCUT2D eigenvalue weighted by Crippen LogP contribution is -2.08. The molecular formula is C16H17FN2OS. The summed E-state index contributed by atoms with van der Waals surface area (Å²) >= 11 is 1.78. The third kappa shape index (κ3) is 2.59. The molecule has 0 unspecified atom stereocenters. The molecule has 1 saturated carbocycles. The Morgan fingerprint density at radius 1 is 1.24 bits per heavy atom. The Balaban J connectivity index is 1.41. The lowest BCUT2D eigenvalue weighted by molar-refractivity contribution is 0.328. The summed E-state index contributed by atoms with van der Waals surface area (Å²) in [6.45, 7) is 0. The molecule has 1 heterocycles. The zero-order valence-electron chi connectivity index (χ0n) is 11.7. The summed E-state index contributed by atoms with van der Waals surface area (Å²) in [6, 6.07) is 5.13. The quantitative estimate of drug-likeness (QED) is 0.839. The molecule has 0 aliphatic heterocycles. The van der Waals surface area contributed by atoms with Gasteiger partial charge in [-0.05, 0) is 48.9 Å². The van der Waals surface area contributed by atoms with Crippen LogP contribution in [0.1, 0.15) is 59.8 Å². The van der Waals surface area contributed by atoms with Crippen LogP contribution in [0.4, 0.5) is 4.39 Å². The molecule has 0 amide bonds. The van der Waals surface area contributed by atoms with Crippen molar-refractivity contribution in [3.63, 3.8) is 0 Å². The van der Waals surface area contributed by atoms with Crippen LogP contribution in [-0.4, -0.2) is 10.2 Å². The summed E-state index contributed by atoms with van der Waals surface area (Å²) < 4.78 is 19.1. The average molecular weight is 304 g/mol. The number of fused-ring (bicyclic) bond motifs is 1. The van der Waals surface area contributed by atoms with E-state index in [1.807, 2.05) is 6.07 Å². The van der Waals surface area contributed by atoms with Gasteiger partial charge in [-0.3, -0.25) is 0 Å². The van der Waals surface area contributed by atoms with Crippen molar-refractivity contribution >= 4 is 11.8 Å². The molecule has 3 nitrogen and oxygen atoms in total. The first-order valence-corrected chi connectivity index (χ1v) is 8.56. The highest BCUT2D eigenvalue weighted by Crippen LogP contribution is 2.43. The SMILES string of the molecule is Fc1ccc2c(c1)[C@H](SCc1nnc(C3CCC3)o1)CC2. The zero-order valence-corrected chi connectivity index (χ0v) is 12.5. The molecule has 2 aliphatic rings. The van der Waals surface area contributed by atoms with E-state index >= 15 is 0 Å². The second-order valence-electron chi connectivity index (χ2n) is 5.84. The van der Waals surface area contributed by atoms with Crippen molar-refractivity contribution in [3.05, 3.63) is 46.9 Å². The molecule has 2 aromatic rings. The monoisotopic (exact) mass is 304 g/mol. The Bertz CT molecular complexity index is 653. The summed E-state index contributed by atoms with van der Waals surface area (Å²) in [5, 5.41) is 8.64. The second-order valence-corrected chi connectivity index (χ2v) is 7.03. The van der Waals surface area contributed by atoms with Gasteiger partial charge < -0.3 is 4.42 Å². The maximum atomic E-state index is 13.4. The Morgan fingerprint density at radius 3 is 2.95 bits per heavy atom. The number of hydrogen-bond acceptors (Lipinski definition) is 4. The normalized spacial score (nSPS) is 21.3. The van der Waals surface area contributed by atoms with Gasteiger partial charge in [-0.2, -0.15) is 0 Å². The topological polar surface area (TPSA) is 38.9 Å². The smallest absolute Gasteiger partial charge is 0.226 e. The van der Waals surface area contributed by atoms with Gasteiger partial charge in [-0.25, -0.2) is 4.39 Å². The fraction of sp³-hybridized carbons (Fsp3) is 0.500. The molecular weight excluding hydrogens is 287 g/mol. The Kier molecular flexibility index (Phi) is 3.45. The van der Waals surface area contributed by atoms with E-state index in [-0.39, 0.29) is 5.82 Å². The Morgan fingerprint density at radius 2 is 2.14 bits per heavy atom. The lowest BCUT2D eigenvalue weighted by Gasteiger charge is -2.20. The van der Waals surface area contributed by atoms with Gasteiger partial charge in [-0.1, -0.05) is 12.5 Å².